The number of ketones is 1. The van der Waals surface area contributed by atoms with E-state index in [-0.39, 0.29) is 11.7 Å². The maximum atomic E-state index is 12.4. The van der Waals surface area contributed by atoms with Gasteiger partial charge in [0.25, 0.3) is 0 Å². The average Bonchev–Trinajstić information content (AvgIpc) is 3.05. The Morgan fingerprint density at radius 1 is 1.37 bits per heavy atom. The Hall–Kier alpha value is -1.26. The van der Waals surface area contributed by atoms with E-state index >= 15 is 0 Å². The molecule has 1 aromatic carbocycles. The quantitative estimate of drug-likeness (QED) is 0.803. The summed E-state index contributed by atoms with van der Waals surface area (Å²) >= 11 is 1.51. The summed E-state index contributed by atoms with van der Waals surface area (Å²) in [6, 6.07) is 7.94. The second-order valence-electron chi connectivity index (χ2n) is 5.26. The molecular weight excluding hydrogens is 256 g/mol. The Labute approximate surface area is 117 Å². The average molecular weight is 274 g/mol. The molecule has 1 aliphatic heterocycles. The van der Waals surface area contributed by atoms with Crippen molar-refractivity contribution in [1.29, 1.82) is 0 Å². The van der Waals surface area contributed by atoms with E-state index in [9.17, 15) is 4.79 Å². The minimum absolute atomic E-state index is 0.0404. The number of likely N-dealkylation sites (tertiary alicyclic amines) is 1. The third-order valence-electron chi connectivity index (χ3n) is 3.68. The van der Waals surface area contributed by atoms with Crippen LogP contribution in [0.2, 0.25) is 0 Å². The van der Waals surface area contributed by atoms with Crippen LogP contribution in [0.15, 0.2) is 24.3 Å². The highest BCUT2D eigenvalue weighted by atomic mass is 32.1. The summed E-state index contributed by atoms with van der Waals surface area (Å²) in [5.74, 6) is 0.228. The van der Waals surface area contributed by atoms with E-state index in [1.54, 1.807) is 0 Å². The zero-order chi connectivity index (χ0) is 13.2. The lowest BCUT2D eigenvalue weighted by molar-refractivity contribution is 0.0903. The van der Waals surface area contributed by atoms with E-state index in [0.717, 1.165) is 29.9 Å². The molecule has 4 heteroatoms. The van der Waals surface area contributed by atoms with Gasteiger partial charge in [-0.25, -0.2) is 4.98 Å². The molecule has 1 unspecified atom stereocenters. The van der Waals surface area contributed by atoms with Crippen molar-refractivity contribution in [3.8, 4) is 0 Å². The SMILES string of the molecule is CC(CN1CCCC1)C(=O)c1nc2ccccc2s1. The van der Waals surface area contributed by atoms with Gasteiger partial charge in [-0.3, -0.25) is 4.79 Å². The van der Waals surface area contributed by atoms with Crippen LogP contribution in [0.3, 0.4) is 0 Å². The molecule has 1 saturated heterocycles. The van der Waals surface area contributed by atoms with Gasteiger partial charge in [-0.1, -0.05) is 19.1 Å². The van der Waals surface area contributed by atoms with Crippen LogP contribution in [0.4, 0.5) is 0 Å². The highest BCUT2D eigenvalue weighted by Gasteiger charge is 2.23. The van der Waals surface area contributed by atoms with Crippen molar-refractivity contribution in [3.63, 3.8) is 0 Å². The van der Waals surface area contributed by atoms with Crippen LogP contribution in [0.25, 0.3) is 10.2 Å². The second kappa shape index (κ2) is 5.39. The number of benzene rings is 1. The van der Waals surface area contributed by atoms with Gasteiger partial charge < -0.3 is 4.90 Å². The van der Waals surface area contributed by atoms with Crippen LogP contribution in [0.5, 0.6) is 0 Å². The normalized spacial score (nSPS) is 17.9. The summed E-state index contributed by atoms with van der Waals surface area (Å²) in [5, 5.41) is 0.660. The Kier molecular flexibility index (Phi) is 3.62. The molecule has 3 rings (SSSR count). The monoisotopic (exact) mass is 274 g/mol. The van der Waals surface area contributed by atoms with Gasteiger partial charge in [-0.15, -0.1) is 11.3 Å². The summed E-state index contributed by atoms with van der Waals surface area (Å²) in [6.07, 6.45) is 2.53. The number of para-hydroxylation sites is 1. The number of thiazole rings is 1. The molecule has 100 valence electrons. The van der Waals surface area contributed by atoms with Crippen LogP contribution >= 0.6 is 11.3 Å². The number of carbonyl (C=O) groups is 1. The van der Waals surface area contributed by atoms with Crippen LogP contribution in [0, 0.1) is 5.92 Å². The molecule has 3 nitrogen and oxygen atoms in total. The predicted molar refractivity (Wildman–Crippen MR) is 78.8 cm³/mol. The first-order valence-corrected chi connectivity index (χ1v) is 7.68. The molecule has 0 radical (unpaired) electrons. The summed E-state index contributed by atoms with van der Waals surface area (Å²) < 4.78 is 1.10. The van der Waals surface area contributed by atoms with Crippen molar-refractivity contribution in [3.05, 3.63) is 29.3 Å². The van der Waals surface area contributed by atoms with Gasteiger partial charge in [0.1, 0.15) is 0 Å². The molecule has 1 atom stereocenters. The zero-order valence-electron chi connectivity index (χ0n) is 11.1. The standard InChI is InChI=1S/C15H18N2OS/c1-11(10-17-8-4-5-9-17)14(18)15-16-12-6-2-3-7-13(12)19-15/h2-3,6-7,11H,4-5,8-10H2,1H3. The van der Waals surface area contributed by atoms with Gasteiger partial charge in [0, 0.05) is 12.5 Å². The van der Waals surface area contributed by atoms with Gasteiger partial charge in [0.05, 0.1) is 10.2 Å². The van der Waals surface area contributed by atoms with E-state index in [2.05, 4.69) is 9.88 Å². The van der Waals surface area contributed by atoms with E-state index in [0.29, 0.717) is 5.01 Å². The van der Waals surface area contributed by atoms with Gasteiger partial charge in [-0.2, -0.15) is 0 Å². The van der Waals surface area contributed by atoms with Gasteiger partial charge in [0.15, 0.2) is 10.8 Å². The molecule has 1 aromatic heterocycles. The van der Waals surface area contributed by atoms with Gasteiger partial charge >= 0.3 is 0 Å². The number of nitrogens with zero attached hydrogens (tertiary/aromatic N) is 2. The molecule has 2 aromatic rings. The molecule has 1 fully saturated rings. The minimum Gasteiger partial charge on any atom is -0.303 e. The molecule has 2 heterocycles. The highest BCUT2D eigenvalue weighted by Crippen LogP contribution is 2.24. The molecule has 19 heavy (non-hydrogen) atoms. The third-order valence-corrected chi connectivity index (χ3v) is 4.73. The maximum absolute atomic E-state index is 12.4. The highest BCUT2D eigenvalue weighted by molar-refractivity contribution is 7.20. The summed E-state index contributed by atoms with van der Waals surface area (Å²) in [5.41, 5.74) is 0.934. The number of Topliss-reactive ketones (excluding diaryl/α,β-unsaturated/α-hetero) is 1. The number of fused-ring (bicyclic) bond motifs is 1. The number of hydrogen-bond donors (Lipinski definition) is 0. The first-order chi connectivity index (χ1) is 9.24. The summed E-state index contributed by atoms with van der Waals surface area (Å²) in [6.45, 7) is 5.16. The third kappa shape index (κ3) is 2.69. The van der Waals surface area contributed by atoms with Gasteiger partial charge in [0.2, 0.25) is 0 Å². The number of hydrogen-bond acceptors (Lipinski definition) is 4. The molecule has 0 saturated carbocycles. The number of carbonyl (C=O) groups excluding carboxylic acids is 1. The molecule has 0 spiro atoms. The van der Waals surface area contributed by atoms with Crippen molar-refractivity contribution in [2.45, 2.75) is 19.8 Å². The maximum Gasteiger partial charge on any atom is 0.195 e. The van der Waals surface area contributed by atoms with Crippen LogP contribution in [-0.2, 0) is 0 Å². The molecule has 0 bridgehead atoms. The summed E-state index contributed by atoms with van der Waals surface area (Å²) in [7, 11) is 0. The fourth-order valence-corrected chi connectivity index (χ4v) is 3.64. The lowest BCUT2D eigenvalue weighted by atomic mass is 10.1. The van der Waals surface area contributed by atoms with Crippen molar-refractivity contribution in [1.82, 2.24) is 9.88 Å². The Morgan fingerprint density at radius 3 is 2.84 bits per heavy atom. The number of rotatable bonds is 4. The predicted octanol–water partition coefficient (Wildman–Crippen LogP) is 3.21. The van der Waals surface area contributed by atoms with E-state index < -0.39 is 0 Å². The van der Waals surface area contributed by atoms with Crippen molar-refractivity contribution < 1.29 is 4.79 Å². The molecule has 0 amide bonds. The van der Waals surface area contributed by atoms with Crippen molar-refractivity contribution in [2.75, 3.05) is 19.6 Å². The van der Waals surface area contributed by atoms with Crippen LogP contribution in [0.1, 0.15) is 29.6 Å². The first-order valence-electron chi connectivity index (χ1n) is 6.86. The van der Waals surface area contributed by atoms with Crippen molar-refractivity contribution in [2.24, 2.45) is 5.92 Å². The Bertz CT molecular complexity index is 554. The molecular formula is C15H18N2OS. The summed E-state index contributed by atoms with van der Waals surface area (Å²) in [4.78, 5) is 19.3. The van der Waals surface area contributed by atoms with E-state index in [4.69, 9.17) is 0 Å². The van der Waals surface area contributed by atoms with Gasteiger partial charge in [-0.05, 0) is 38.1 Å². The largest absolute Gasteiger partial charge is 0.303 e. The molecule has 0 aliphatic carbocycles. The van der Waals surface area contributed by atoms with E-state index in [1.165, 1.54) is 24.2 Å². The second-order valence-corrected chi connectivity index (χ2v) is 6.29. The smallest absolute Gasteiger partial charge is 0.195 e. The first kappa shape index (κ1) is 12.8. The van der Waals surface area contributed by atoms with Crippen molar-refractivity contribution >= 4 is 27.3 Å². The fraction of sp³-hybridized carbons (Fsp3) is 0.467. The lowest BCUT2D eigenvalue weighted by Crippen LogP contribution is -2.29. The van der Waals surface area contributed by atoms with Crippen LogP contribution < -0.4 is 0 Å². The Morgan fingerprint density at radius 2 is 2.11 bits per heavy atom. The fourth-order valence-electron chi connectivity index (χ4n) is 2.62. The lowest BCUT2D eigenvalue weighted by Gasteiger charge is -2.18. The topological polar surface area (TPSA) is 33.2 Å². The molecule has 1 aliphatic rings. The molecule has 0 N–H and O–H groups in total. The number of aromatic nitrogens is 1. The van der Waals surface area contributed by atoms with Crippen LogP contribution in [-0.4, -0.2) is 35.3 Å². The van der Waals surface area contributed by atoms with E-state index in [1.807, 2.05) is 31.2 Å². The Balaban J connectivity index is 1.74. The minimum atomic E-state index is 0.0404. The zero-order valence-corrected chi connectivity index (χ0v) is 11.9.